The molecule has 19 heavy (non-hydrogen) atoms. The molecule has 1 heterocycles. The summed E-state index contributed by atoms with van der Waals surface area (Å²) in [6.07, 6.45) is 2.32. The van der Waals surface area contributed by atoms with Crippen LogP contribution in [0.5, 0.6) is 0 Å². The van der Waals surface area contributed by atoms with E-state index in [1.807, 2.05) is 0 Å². The Kier molecular flexibility index (Phi) is 4.34. The highest BCUT2D eigenvalue weighted by Crippen LogP contribution is 2.34. The van der Waals surface area contributed by atoms with Gasteiger partial charge in [-0.3, -0.25) is 4.79 Å². The van der Waals surface area contributed by atoms with Crippen molar-refractivity contribution < 1.29 is 18.3 Å². The van der Waals surface area contributed by atoms with Crippen LogP contribution >= 0.6 is 27.3 Å². The van der Waals surface area contributed by atoms with Crippen LogP contribution in [0, 0.1) is 12.8 Å². The number of sulfonamides is 1. The molecule has 0 aromatic carbocycles. The largest absolute Gasteiger partial charge is 0.480 e. The minimum absolute atomic E-state index is 0.145. The molecule has 0 radical (unpaired) electrons. The average Bonchev–Trinajstić information content (AvgIpc) is 3.01. The fraction of sp³-hybridized carbons (Fsp3) is 0.545. The number of hydrogen-bond acceptors (Lipinski definition) is 4. The monoisotopic (exact) mass is 367 g/mol. The van der Waals surface area contributed by atoms with Crippen molar-refractivity contribution in [3.63, 3.8) is 0 Å². The summed E-state index contributed by atoms with van der Waals surface area (Å²) < 4.78 is 27.4. The van der Waals surface area contributed by atoms with Crippen LogP contribution in [0.3, 0.4) is 0 Å². The summed E-state index contributed by atoms with van der Waals surface area (Å²) in [5.41, 5.74) is 0. The molecule has 0 spiro atoms. The van der Waals surface area contributed by atoms with Gasteiger partial charge in [0.05, 0.1) is 8.68 Å². The SMILES string of the molecule is Cc1sc(Br)cc1S(=O)(=O)NC(CC1CC1)C(=O)O. The number of carboxylic acid groups (broad SMARTS) is 1. The van der Waals surface area contributed by atoms with E-state index in [2.05, 4.69) is 20.7 Å². The lowest BCUT2D eigenvalue weighted by atomic mass is 10.1. The molecule has 2 N–H and O–H groups in total. The lowest BCUT2D eigenvalue weighted by Gasteiger charge is -2.14. The van der Waals surface area contributed by atoms with Gasteiger partial charge in [0, 0.05) is 4.88 Å². The minimum Gasteiger partial charge on any atom is -0.480 e. The van der Waals surface area contributed by atoms with Gasteiger partial charge in [0.1, 0.15) is 6.04 Å². The fourth-order valence-corrected chi connectivity index (χ4v) is 5.45. The molecule has 1 unspecified atom stereocenters. The molecular weight excluding hydrogens is 354 g/mol. The molecule has 2 rings (SSSR count). The van der Waals surface area contributed by atoms with Gasteiger partial charge >= 0.3 is 5.97 Å². The summed E-state index contributed by atoms with van der Waals surface area (Å²) >= 11 is 4.54. The Morgan fingerprint density at radius 1 is 1.63 bits per heavy atom. The normalized spacial score (nSPS) is 17.4. The molecule has 1 atom stereocenters. The van der Waals surface area contributed by atoms with E-state index in [0.717, 1.165) is 12.8 Å². The molecule has 1 aliphatic carbocycles. The number of rotatable bonds is 6. The summed E-state index contributed by atoms with van der Waals surface area (Å²) in [7, 11) is -3.78. The van der Waals surface area contributed by atoms with E-state index in [4.69, 9.17) is 5.11 Å². The third kappa shape index (κ3) is 3.77. The Morgan fingerprint density at radius 3 is 2.68 bits per heavy atom. The van der Waals surface area contributed by atoms with Crippen LogP contribution < -0.4 is 4.72 Å². The lowest BCUT2D eigenvalue weighted by molar-refractivity contribution is -0.139. The lowest BCUT2D eigenvalue weighted by Crippen LogP contribution is -2.41. The van der Waals surface area contributed by atoms with E-state index in [0.29, 0.717) is 21.0 Å². The molecule has 0 aliphatic heterocycles. The number of nitrogens with one attached hydrogen (secondary N) is 1. The Bertz CT molecular complexity index is 592. The van der Waals surface area contributed by atoms with Crippen LogP contribution in [0.1, 0.15) is 24.1 Å². The first kappa shape index (κ1) is 15.0. The molecule has 0 amide bonds. The molecule has 8 heteroatoms. The van der Waals surface area contributed by atoms with E-state index in [-0.39, 0.29) is 4.90 Å². The van der Waals surface area contributed by atoms with E-state index < -0.39 is 22.0 Å². The quantitative estimate of drug-likeness (QED) is 0.808. The highest BCUT2D eigenvalue weighted by Gasteiger charge is 2.33. The molecule has 0 bridgehead atoms. The first-order valence-corrected chi connectivity index (χ1v) is 8.90. The number of aryl methyl sites for hydroxylation is 1. The molecule has 1 aromatic rings. The first-order valence-electron chi connectivity index (χ1n) is 5.80. The highest BCUT2D eigenvalue weighted by atomic mass is 79.9. The van der Waals surface area contributed by atoms with Crippen LogP contribution in [-0.4, -0.2) is 25.5 Å². The fourth-order valence-electron chi connectivity index (χ4n) is 1.83. The van der Waals surface area contributed by atoms with Crippen LogP contribution in [0.15, 0.2) is 14.7 Å². The number of thiophene rings is 1. The van der Waals surface area contributed by atoms with Gasteiger partial charge in [-0.25, -0.2) is 8.42 Å². The second-order valence-corrected chi connectivity index (χ2v) is 8.98. The maximum atomic E-state index is 12.2. The molecule has 5 nitrogen and oxygen atoms in total. The number of halogens is 1. The maximum absolute atomic E-state index is 12.2. The van der Waals surface area contributed by atoms with Gasteiger partial charge in [-0.15, -0.1) is 11.3 Å². The van der Waals surface area contributed by atoms with Crippen molar-refractivity contribution >= 4 is 43.3 Å². The zero-order chi connectivity index (χ0) is 14.2. The summed E-state index contributed by atoms with van der Waals surface area (Å²) in [6, 6.07) is 0.453. The van der Waals surface area contributed by atoms with Crippen LogP contribution in [0.4, 0.5) is 0 Å². The molecule has 1 aromatic heterocycles. The first-order chi connectivity index (χ1) is 8.79. The highest BCUT2D eigenvalue weighted by molar-refractivity contribution is 9.11. The van der Waals surface area contributed by atoms with Crippen molar-refractivity contribution in [2.45, 2.75) is 37.1 Å². The topological polar surface area (TPSA) is 83.5 Å². The molecule has 106 valence electrons. The van der Waals surface area contributed by atoms with Gasteiger partial charge in [0.15, 0.2) is 0 Å². The van der Waals surface area contributed by atoms with Gasteiger partial charge in [0.2, 0.25) is 10.0 Å². The van der Waals surface area contributed by atoms with Crippen molar-refractivity contribution in [1.82, 2.24) is 4.72 Å². The van der Waals surface area contributed by atoms with Crippen molar-refractivity contribution in [3.05, 3.63) is 14.7 Å². The van der Waals surface area contributed by atoms with Crippen LogP contribution in [0.25, 0.3) is 0 Å². The average molecular weight is 368 g/mol. The Morgan fingerprint density at radius 2 is 2.26 bits per heavy atom. The minimum atomic E-state index is -3.78. The molecule has 1 aliphatic rings. The Hall–Kier alpha value is -0.440. The predicted molar refractivity (Wildman–Crippen MR) is 75.8 cm³/mol. The van der Waals surface area contributed by atoms with E-state index in [1.54, 1.807) is 6.92 Å². The Labute approximate surface area is 124 Å². The molecule has 0 saturated heterocycles. The zero-order valence-electron chi connectivity index (χ0n) is 10.2. The standard InChI is InChI=1S/C11H14BrNO4S2/c1-6-9(5-10(12)18-6)19(16,17)13-8(11(14)15)4-7-2-3-7/h5,7-8,13H,2-4H2,1H3,(H,14,15). The van der Waals surface area contributed by atoms with Gasteiger partial charge < -0.3 is 5.11 Å². The summed E-state index contributed by atoms with van der Waals surface area (Å²) in [6.45, 7) is 1.70. The number of hydrogen-bond donors (Lipinski definition) is 2. The zero-order valence-corrected chi connectivity index (χ0v) is 13.4. The second-order valence-electron chi connectivity index (χ2n) is 4.66. The van der Waals surface area contributed by atoms with Crippen molar-refractivity contribution in [3.8, 4) is 0 Å². The summed E-state index contributed by atoms with van der Waals surface area (Å²) in [4.78, 5) is 11.9. The predicted octanol–water partition coefficient (Wildman–Crippen LogP) is 2.35. The van der Waals surface area contributed by atoms with Gasteiger partial charge in [-0.1, -0.05) is 12.8 Å². The van der Waals surface area contributed by atoms with Gasteiger partial charge in [0.25, 0.3) is 0 Å². The van der Waals surface area contributed by atoms with Gasteiger partial charge in [-0.05, 0) is 41.3 Å². The van der Waals surface area contributed by atoms with Crippen molar-refractivity contribution in [2.75, 3.05) is 0 Å². The summed E-state index contributed by atoms with van der Waals surface area (Å²) in [5.74, 6) is -0.790. The van der Waals surface area contributed by atoms with Crippen LogP contribution in [0.2, 0.25) is 0 Å². The smallest absolute Gasteiger partial charge is 0.321 e. The molecule has 1 fully saturated rings. The molecule has 1 saturated carbocycles. The van der Waals surface area contributed by atoms with Gasteiger partial charge in [-0.2, -0.15) is 4.72 Å². The number of carbonyl (C=O) groups is 1. The van der Waals surface area contributed by atoms with E-state index >= 15 is 0 Å². The van der Waals surface area contributed by atoms with E-state index in [9.17, 15) is 13.2 Å². The summed E-state index contributed by atoms with van der Waals surface area (Å²) in [5, 5.41) is 9.10. The second kappa shape index (κ2) is 5.51. The third-order valence-corrected chi connectivity index (χ3v) is 6.27. The van der Waals surface area contributed by atoms with Crippen molar-refractivity contribution in [2.24, 2.45) is 5.92 Å². The number of carboxylic acids is 1. The number of aliphatic carboxylic acids is 1. The maximum Gasteiger partial charge on any atom is 0.321 e. The van der Waals surface area contributed by atoms with Crippen molar-refractivity contribution in [1.29, 1.82) is 0 Å². The third-order valence-electron chi connectivity index (χ3n) is 2.99. The molecular formula is C11H14BrNO4S2. The van der Waals surface area contributed by atoms with Crippen LogP contribution in [-0.2, 0) is 14.8 Å². The van der Waals surface area contributed by atoms with E-state index in [1.165, 1.54) is 17.4 Å². The Balaban J connectivity index is 2.18.